The number of carbonyl (C=O) groups excluding carboxylic acids is 2. The molecule has 9 heteroatoms. The van der Waals surface area contributed by atoms with Gasteiger partial charge in [-0.15, -0.1) is 0 Å². The third kappa shape index (κ3) is 5.42. The highest BCUT2D eigenvalue weighted by Gasteiger charge is 2.19. The Bertz CT molecular complexity index is 1210. The molecule has 0 radical (unpaired) electrons. The molecule has 0 aliphatic heterocycles. The molecule has 0 aliphatic carbocycles. The minimum atomic E-state index is -3.87. The largest absolute Gasteiger partial charge is 0.462 e. The number of benzene rings is 3. The van der Waals surface area contributed by atoms with Crippen LogP contribution < -0.4 is 10.0 Å². The third-order valence-electron chi connectivity index (χ3n) is 4.19. The van der Waals surface area contributed by atoms with Crippen LogP contribution in [0.3, 0.4) is 0 Å². The number of esters is 1. The van der Waals surface area contributed by atoms with Crippen molar-refractivity contribution >= 4 is 44.9 Å². The third-order valence-corrected chi connectivity index (χ3v) is 5.89. The fraction of sp³-hybridized carbons (Fsp3) is 0.0909. The van der Waals surface area contributed by atoms with Crippen molar-refractivity contribution in [1.82, 2.24) is 0 Å². The van der Waals surface area contributed by atoms with Crippen molar-refractivity contribution in [3.63, 3.8) is 0 Å². The molecule has 3 aromatic carbocycles. The molecule has 0 saturated heterocycles. The summed E-state index contributed by atoms with van der Waals surface area (Å²) in [5.41, 5.74) is 0.756. The van der Waals surface area contributed by atoms with Crippen LogP contribution in [0.2, 0.25) is 5.02 Å². The average Bonchev–Trinajstić information content (AvgIpc) is 2.74. The van der Waals surface area contributed by atoms with E-state index in [1.165, 1.54) is 42.5 Å². The van der Waals surface area contributed by atoms with Gasteiger partial charge >= 0.3 is 5.97 Å². The normalized spacial score (nSPS) is 10.9. The number of anilines is 2. The maximum atomic E-state index is 12.8. The maximum Gasteiger partial charge on any atom is 0.339 e. The molecule has 31 heavy (non-hydrogen) atoms. The molecular weight excluding hydrogens is 440 g/mol. The van der Waals surface area contributed by atoms with E-state index in [-0.39, 0.29) is 33.3 Å². The van der Waals surface area contributed by atoms with E-state index in [0.717, 1.165) is 0 Å². The molecule has 1 amide bonds. The molecule has 7 nitrogen and oxygen atoms in total. The summed E-state index contributed by atoms with van der Waals surface area (Å²) in [5, 5.41) is 2.77. The molecule has 3 aromatic rings. The Hall–Kier alpha value is -3.36. The Morgan fingerprint density at radius 1 is 0.935 bits per heavy atom. The van der Waals surface area contributed by atoms with Crippen LogP contribution in [0, 0.1) is 0 Å². The van der Waals surface area contributed by atoms with Gasteiger partial charge < -0.3 is 10.1 Å². The number of nitrogens with one attached hydrogen (secondary N) is 2. The highest BCUT2D eigenvalue weighted by atomic mass is 35.5. The van der Waals surface area contributed by atoms with Crippen molar-refractivity contribution in [2.24, 2.45) is 0 Å². The van der Waals surface area contributed by atoms with Crippen molar-refractivity contribution in [2.75, 3.05) is 16.6 Å². The molecule has 2 N–H and O–H groups in total. The lowest BCUT2D eigenvalue weighted by Crippen LogP contribution is -2.18. The van der Waals surface area contributed by atoms with E-state index in [9.17, 15) is 18.0 Å². The predicted molar refractivity (Wildman–Crippen MR) is 119 cm³/mol. The molecule has 0 saturated carbocycles. The molecule has 0 unspecified atom stereocenters. The van der Waals surface area contributed by atoms with Gasteiger partial charge in [-0.05, 0) is 49.4 Å². The minimum Gasteiger partial charge on any atom is -0.462 e. The monoisotopic (exact) mass is 458 g/mol. The second-order valence-electron chi connectivity index (χ2n) is 6.33. The van der Waals surface area contributed by atoms with Crippen LogP contribution in [0.15, 0.2) is 77.7 Å². The highest BCUT2D eigenvalue weighted by Crippen LogP contribution is 2.24. The number of carbonyl (C=O) groups is 2. The van der Waals surface area contributed by atoms with Crippen LogP contribution in [0.4, 0.5) is 11.4 Å². The van der Waals surface area contributed by atoms with Crippen LogP contribution in [-0.2, 0) is 14.8 Å². The maximum absolute atomic E-state index is 12.8. The van der Waals surface area contributed by atoms with Gasteiger partial charge in [0.25, 0.3) is 15.9 Å². The lowest BCUT2D eigenvalue weighted by Gasteiger charge is -2.13. The second-order valence-corrected chi connectivity index (χ2v) is 8.42. The molecule has 0 fully saturated rings. The zero-order valence-corrected chi connectivity index (χ0v) is 18.0. The standard InChI is InChI=1S/C22H19ClN2O5S/c1-2-30-22(27)17-13-12-15(14-19(17)23)24-21(26)18-10-6-7-11-20(18)25-31(28,29)16-8-4-3-5-9-16/h3-14,25H,2H2,1H3,(H,24,26). The summed E-state index contributed by atoms with van der Waals surface area (Å²) in [6.45, 7) is 1.90. The van der Waals surface area contributed by atoms with Gasteiger partial charge in [0.1, 0.15) is 0 Å². The van der Waals surface area contributed by atoms with Gasteiger partial charge in [0.15, 0.2) is 0 Å². The summed E-state index contributed by atoms with van der Waals surface area (Å²) in [4.78, 5) is 24.7. The van der Waals surface area contributed by atoms with E-state index in [1.807, 2.05) is 0 Å². The van der Waals surface area contributed by atoms with E-state index in [1.54, 1.807) is 37.3 Å². The first-order valence-electron chi connectivity index (χ1n) is 9.26. The summed E-state index contributed by atoms with van der Waals surface area (Å²) in [6.07, 6.45) is 0. The van der Waals surface area contributed by atoms with Gasteiger partial charge in [0.05, 0.1) is 33.3 Å². The van der Waals surface area contributed by atoms with Gasteiger partial charge in [-0.3, -0.25) is 9.52 Å². The number of para-hydroxylation sites is 1. The average molecular weight is 459 g/mol. The van der Waals surface area contributed by atoms with Crippen LogP contribution >= 0.6 is 11.6 Å². The number of ether oxygens (including phenoxy) is 1. The molecule has 0 aromatic heterocycles. The van der Waals surface area contributed by atoms with Gasteiger partial charge in [0, 0.05) is 5.69 Å². The second kappa shape index (κ2) is 9.63. The smallest absolute Gasteiger partial charge is 0.339 e. The number of rotatable bonds is 7. The molecule has 160 valence electrons. The Balaban J connectivity index is 1.82. The number of amides is 1. The first-order valence-corrected chi connectivity index (χ1v) is 11.1. The molecular formula is C22H19ClN2O5S. The lowest BCUT2D eigenvalue weighted by molar-refractivity contribution is 0.0526. The quantitative estimate of drug-likeness (QED) is 0.505. The van der Waals surface area contributed by atoms with Crippen molar-refractivity contribution < 1.29 is 22.7 Å². The van der Waals surface area contributed by atoms with E-state index in [2.05, 4.69) is 10.0 Å². The van der Waals surface area contributed by atoms with Crippen molar-refractivity contribution in [1.29, 1.82) is 0 Å². The van der Waals surface area contributed by atoms with Gasteiger partial charge in [-0.1, -0.05) is 41.9 Å². The SMILES string of the molecule is CCOC(=O)c1ccc(NC(=O)c2ccccc2NS(=O)(=O)c2ccccc2)cc1Cl. The van der Waals surface area contributed by atoms with Crippen LogP contribution in [0.5, 0.6) is 0 Å². The summed E-state index contributed by atoms with van der Waals surface area (Å²) in [7, 11) is -3.87. The Morgan fingerprint density at radius 2 is 1.61 bits per heavy atom. The minimum absolute atomic E-state index is 0.0755. The summed E-state index contributed by atoms with van der Waals surface area (Å²) in [5.74, 6) is -1.11. The summed E-state index contributed by atoms with van der Waals surface area (Å²) >= 11 is 6.13. The fourth-order valence-corrected chi connectivity index (χ4v) is 4.10. The van der Waals surface area contributed by atoms with E-state index < -0.39 is 21.9 Å². The van der Waals surface area contributed by atoms with Gasteiger partial charge in [0.2, 0.25) is 0 Å². The molecule has 0 spiro atoms. The summed E-state index contributed by atoms with van der Waals surface area (Å²) in [6, 6.07) is 18.4. The van der Waals surface area contributed by atoms with Crippen LogP contribution in [0.25, 0.3) is 0 Å². The van der Waals surface area contributed by atoms with Crippen molar-refractivity contribution in [3.05, 3.63) is 88.9 Å². The molecule has 0 bridgehead atoms. The topological polar surface area (TPSA) is 102 Å². The fourth-order valence-electron chi connectivity index (χ4n) is 2.74. The van der Waals surface area contributed by atoms with E-state index in [0.29, 0.717) is 5.69 Å². The predicted octanol–water partition coefficient (Wildman–Crippen LogP) is 4.57. The van der Waals surface area contributed by atoms with Crippen LogP contribution in [-0.4, -0.2) is 26.9 Å². The Morgan fingerprint density at radius 3 is 2.29 bits per heavy atom. The Kier molecular flexibility index (Phi) is 6.94. The zero-order valence-electron chi connectivity index (χ0n) is 16.5. The molecule has 0 heterocycles. The number of hydrogen-bond acceptors (Lipinski definition) is 5. The van der Waals surface area contributed by atoms with Gasteiger partial charge in [-0.25, -0.2) is 13.2 Å². The van der Waals surface area contributed by atoms with Crippen LogP contribution in [0.1, 0.15) is 27.6 Å². The lowest BCUT2D eigenvalue weighted by atomic mass is 10.1. The van der Waals surface area contributed by atoms with Crippen molar-refractivity contribution in [2.45, 2.75) is 11.8 Å². The first-order chi connectivity index (χ1) is 14.8. The van der Waals surface area contributed by atoms with Crippen molar-refractivity contribution in [3.8, 4) is 0 Å². The molecule has 3 rings (SSSR count). The van der Waals surface area contributed by atoms with E-state index in [4.69, 9.17) is 16.3 Å². The molecule has 0 aliphatic rings. The number of hydrogen-bond donors (Lipinski definition) is 2. The number of halogens is 1. The molecule has 0 atom stereocenters. The van der Waals surface area contributed by atoms with Gasteiger partial charge in [-0.2, -0.15) is 0 Å². The highest BCUT2D eigenvalue weighted by molar-refractivity contribution is 7.92. The number of sulfonamides is 1. The first kappa shape index (κ1) is 22.3. The zero-order chi connectivity index (χ0) is 22.4. The van der Waals surface area contributed by atoms with E-state index >= 15 is 0 Å². The Labute approximate surface area is 185 Å². The summed E-state index contributed by atoms with van der Waals surface area (Å²) < 4.78 is 32.6.